The van der Waals surface area contributed by atoms with Crippen LogP contribution >= 0.6 is 15.9 Å². The maximum atomic E-state index is 13.0. The Morgan fingerprint density at radius 3 is 2.68 bits per heavy atom. The SMILES string of the molecule is COC(=O)N[C@H](C(=O)N1N=CC[C@@H]1c1ncc(-c2ccc(Br)cc2)[nH]1)C(C)C. The van der Waals surface area contributed by atoms with Crippen molar-refractivity contribution >= 4 is 34.1 Å². The van der Waals surface area contributed by atoms with Crippen LogP contribution in [-0.4, -0.2) is 46.3 Å². The fraction of sp³-hybridized carbons (Fsp3) is 0.368. The zero-order valence-corrected chi connectivity index (χ0v) is 17.4. The van der Waals surface area contributed by atoms with Crippen molar-refractivity contribution in [2.45, 2.75) is 32.4 Å². The van der Waals surface area contributed by atoms with Crippen LogP contribution in [0.5, 0.6) is 0 Å². The van der Waals surface area contributed by atoms with Gasteiger partial charge in [0.15, 0.2) is 0 Å². The third kappa shape index (κ3) is 4.24. The first-order chi connectivity index (χ1) is 13.4. The van der Waals surface area contributed by atoms with Gasteiger partial charge in [0.1, 0.15) is 17.9 Å². The molecule has 0 bridgehead atoms. The lowest BCUT2D eigenvalue weighted by atomic mass is 10.0. The van der Waals surface area contributed by atoms with Crippen LogP contribution in [0.15, 0.2) is 40.0 Å². The average Bonchev–Trinajstić information content (AvgIpc) is 3.34. The molecule has 0 saturated heterocycles. The van der Waals surface area contributed by atoms with Crippen LogP contribution in [0.25, 0.3) is 11.3 Å². The predicted octanol–water partition coefficient (Wildman–Crippen LogP) is 3.48. The molecule has 2 atom stereocenters. The first-order valence-electron chi connectivity index (χ1n) is 8.91. The number of aromatic nitrogens is 2. The number of halogens is 1. The zero-order valence-electron chi connectivity index (χ0n) is 15.8. The number of imidazole rings is 1. The summed E-state index contributed by atoms with van der Waals surface area (Å²) in [5, 5.41) is 8.19. The van der Waals surface area contributed by atoms with E-state index in [1.807, 2.05) is 38.1 Å². The Labute approximate surface area is 171 Å². The standard InChI is InChI=1S/C19H22BrN5O3/c1-11(2)16(24-19(27)28-3)18(26)25-15(8-9-22-25)17-21-10-14(23-17)12-4-6-13(20)7-5-12/h4-7,9-11,15-16H,8H2,1-3H3,(H,21,23)(H,24,27)/t15-,16+/m1/s1. The second kappa shape index (κ2) is 8.55. The topological polar surface area (TPSA) is 99.7 Å². The quantitative estimate of drug-likeness (QED) is 0.732. The van der Waals surface area contributed by atoms with E-state index in [0.29, 0.717) is 12.2 Å². The van der Waals surface area contributed by atoms with Crippen LogP contribution in [0.4, 0.5) is 4.79 Å². The van der Waals surface area contributed by atoms with Gasteiger partial charge in [0.25, 0.3) is 5.91 Å². The number of amides is 2. The summed E-state index contributed by atoms with van der Waals surface area (Å²) >= 11 is 3.42. The molecule has 28 heavy (non-hydrogen) atoms. The molecule has 1 aromatic carbocycles. The van der Waals surface area contributed by atoms with Crippen LogP contribution in [0.1, 0.15) is 32.1 Å². The number of ether oxygens (including phenoxy) is 1. The number of nitrogens with zero attached hydrogens (tertiary/aromatic N) is 3. The Morgan fingerprint density at radius 1 is 1.32 bits per heavy atom. The Balaban J connectivity index is 1.80. The van der Waals surface area contributed by atoms with Crippen molar-refractivity contribution in [1.29, 1.82) is 0 Å². The monoisotopic (exact) mass is 447 g/mol. The molecule has 3 rings (SSSR count). The summed E-state index contributed by atoms with van der Waals surface area (Å²) in [6.45, 7) is 3.71. The number of hydrogen-bond donors (Lipinski definition) is 2. The summed E-state index contributed by atoms with van der Waals surface area (Å²) in [7, 11) is 1.26. The van der Waals surface area contributed by atoms with Crippen molar-refractivity contribution in [3.63, 3.8) is 0 Å². The molecule has 2 heterocycles. The number of nitrogens with one attached hydrogen (secondary N) is 2. The minimum atomic E-state index is -0.744. The second-order valence-corrected chi connectivity index (χ2v) is 7.69. The Hall–Kier alpha value is -2.68. The number of carbonyl (C=O) groups excluding carboxylic acids is 2. The van der Waals surface area contributed by atoms with Crippen LogP contribution in [-0.2, 0) is 9.53 Å². The predicted molar refractivity (Wildman–Crippen MR) is 109 cm³/mol. The number of carbonyl (C=O) groups is 2. The highest BCUT2D eigenvalue weighted by molar-refractivity contribution is 9.10. The van der Waals surface area contributed by atoms with E-state index in [2.05, 4.69) is 41.1 Å². The molecule has 0 fully saturated rings. The van der Waals surface area contributed by atoms with Gasteiger partial charge >= 0.3 is 6.09 Å². The first-order valence-corrected chi connectivity index (χ1v) is 9.71. The highest BCUT2D eigenvalue weighted by atomic mass is 79.9. The molecule has 2 amide bonds. The number of H-pyrrole nitrogens is 1. The van der Waals surface area contributed by atoms with Gasteiger partial charge in [-0.15, -0.1) is 0 Å². The second-order valence-electron chi connectivity index (χ2n) is 6.78. The fourth-order valence-electron chi connectivity index (χ4n) is 2.98. The van der Waals surface area contributed by atoms with E-state index in [-0.39, 0.29) is 17.9 Å². The smallest absolute Gasteiger partial charge is 0.407 e. The molecule has 0 aliphatic carbocycles. The maximum absolute atomic E-state index is 13.0. The van der Waals surface area contributed by atoms with Crippen molar-refractivity contribution < 1.29 is 14.3 Å². The summed E-state index contributed by atoms with van der Waals surface area (Å²) in [4.78, 5) is 32.4. The molecular formula is C19H22BrN5O3. The summed E-state index contributed by atoms with van der Waals surface area (Å²) in [5.74, 6) is 0.211. The molecule has 1 aliphatic rings. The summed E-state index contributed by atoms with van der Waals surface area (Å²) in [5.41, 5.74) is 1.85. The van der Waals surface area contributed by atoms with Crippen LogP contribution < -0.4 is 5.32 Å². The van der Waals surface area contributed by atoms with Gasteiger partial charge in [-0.3, -0.25) is 4.79 Å². The molecule has 2 N–H and O–H groups in total. The number of aromatic amines is 1. The molecule has 1 aliphatic heterocycles. The van der Waals surface area contributed by atoms with Crippen molar-refractivity contribution in [2.24, 2.45) is 11.0 Å². The molecule has 0 spiro atoms. The molecule has 0 radical (unpaired) electrons. The van der Waals surface area contributed by atoms with Gasteiger partial charge in [-0.25, -0.2) is 14.8 Å². The number of benzene rings is 1. The van der Waals surface area contributed by atoms with Gasteiger partial charge < -0.3 is 15.0 Å². The highest BCUT2D eigenvalue weighted by Crippen LogP contribution is 2.29. The van der Waals surface area contributed by atoms with E-state index < -0.39 is 12.1 Å². The minimum Gasteiger partial charge on any atom is -0.453 e. The Bertz CT molecular complexity index is 878. The van der Waals surface area contributed by atoms with Crippen molar-refractivity contribution in [3.8, 4) is 11.3 Å². The number of rotatable bonds is 5. The van der Waals surface area contributed by atoms with Gasteiger partial charge in [-0.2, -0.15) is 5.10 Å². The van der Waals surface area contributed by atoms with Crippen LogP contribution in [0, 0.1) is 5.92 Å². The van der Waals surface area contributed by atoms with Crippen LogP contribution in [0.2, 0.25) is 0 Å². The molecule has 2 aromatic rings. The largest absolute Gasteiger partial charge is 0.453 e. The Kier molecular flexibility index (Phi) is 6.13. The highest BCUT2D eigenvalue weighted by Gasteiger charge is 2.36. The molecule has 9 heteroatoms. The van der Waals surface area contributed by atoms with Crippen molar-refractivity contribution in [1.82, 2.24) is 20.3 Å². The van der Waals surface area contributed by atoms with Gasteiger partial charge in [0, 0.05) is 17.1 Å². The molecule has 8 nitrogen and oxygen atoms in total. The van der Waals surface area contributed by atoms with Crippen molar-refractivity contribution in [3.05, 3.63) is 40.8 Å². The third-order valence-corrected chi connectivity index (χ3v) is 5.04. The van der Waals surface area contributed by atoms with Gasteiger partial charge in [-0.05, 0) is 23.6 Å². The van der Waals surface area contributed by atoms with Gasteiger partial charge in [0.2, 0.25) is 0 Å². The summed E-state index contributed by atoms with van der Waals surface area (Å²) in [6, 6.07) is 6.77. The lowest BCUT2D eigenvalue weighted by Crippen LogP contribution is -2.50. The molecule has 0 saturated carbocycles. The Morgan fingerprint density at radius 2 is 2.04 bits per heavy atom. The number of methoxy groups -OCH3 is 1. The number of hydrazone groups is 1. The fourth-order valence-corrected chi connectivity index (χ4v) is 3.24. The van der Waals surface area contributed by atoms with Gasteiger partial charge in [-0.1, -0.05) is 41.9 Å². The van der Waals surface area contributed by atoms with Crippen molar-refractivity contribution in [2.75, 3.05) is 7.11 Å². The van der Waals surface area contributed by atoms with E-state index >= 15 is 0 Å². The summed E-state index contributed by atoms with van der Waals surface area (Å²) in [6.07, 6.45) is 3.32. The minimum absolute atomic E-state index is 0.127. The third-order valence-electron chi connectivity index (χ3n) is 4.51. The first kappa shape index (κ1) is 20.1. The summed E-state index contributed by atoms with van der Waals surface area (Å²) < 4.78 is 5.63. The number of alkyl carbamates (subject to hydrolysis) is 1. The molecule has 1 aromatic heterocycles. The normalized spacial score (nSPS) is 17.0. The van der Waals surface area contributed by atoms with E-state index in [0.717, 1.165) is 15.7 Å². The average molecular weight is 448 g/mol. The molecule has 0 unspecified atom stereocenters. The van der Waals surface area contributed by atoms with E-state index in [4.69, 9.17) is 0 Å². The molecular weight excluding hydrogens is 426 g/mol. The van der Waals surface area contributed by atoms with E-state index in [9.17, 15) is 9.59 Å². The number of hydrogen-bond acceptors (Lipinski definition) is 5. The van der Waals surface area contributed by atoms with E-state index in [1.54, 1.807) is 12.4 Å². The molecule has 148 valence electrons. The lowest BCUT2D eigenvalue weighted by molar-refractivity contribution is -0.136. The lowest BCUT2D eigenvalue weighted by Gasteiger charge is -2.27. The maximum Gasteiger partial charge on any atom is 0.407 e. The van der Waals surface area contributed by atoms with Crippen LogP contribution in [0.3, 0.4) is 0 Å². The van der Waals surface area contributed by atoms with E-state index in [1.165, 1.54) is 12.1 Å². The van der Waals surface area contributed by atoms with Gasteiger partial charge in [0.05, 0.1) is 19.0 Å². The zero-order chi connectivity index (χ0) is 20.3.